The van der Waals surface area contributed by atoms with Crippen LogP contribution in [0.25, 0.3) is 11.0 Å². The minimum absolute atomic E-state index is 0.0804. The van der Waals surface area contributed by atoms with Gasteiger partial charge in [0.2, 0.25) is 5.91 Å². The maximum atomic E-state index is 12.2. The quantitative estimate of drug-likeness (QED) is 0.728. The summed E-state index contributed by atoms with van der Waals surface area (Å²) >= 11 is 0. The van der Waals surface area contributed by atoms with Crippen molar-refractivity contribution in [1.29, 1.82) is 0 Å². The SMILES string of the molecule is O=C(CCc1nc2ccccc2[nH]c1=O)NC[C@H]1COc2ccccc2C1. The third-order valence-electron chi connectivity index (χ3n) is 4.80. The van der Waals surface area contributed by atoms with E-state index in [1.165, 1.54) is 5.56 Å². The van der Waals surface area contributed by atoms with Crippen LogP contribution in [0.3, 0.4) is 0 Å². The number of fused-ring (bicyclic) bond motifs is 2. The van der Waals surface area contributed by atoms with E-state index in [1.54, 1.807) is 0 Å². The van der Waals surface area contributed by atoms with Crippen LogP contribution in [-0.2, 0) is 17.6 Å². The zero-order valence-corrected chi connectivity index (χ0v) is 14.9. The van der Waals surface area contributed by atoms with Gasteiger partial charge in [0.15, 0.2) is 0 Å². The first-order chi connectivity index (χ1) is 13.2. The van der Waals surface area contributed by atoms with E-state index in [-0.39, 0.29) is 23.8 Å². The van der Waals surface area contributed by atoms with Crippen LogP contribution < -0.4 is 15.6 Å². The van der Waals surface area contributed by atoms with Gasteiger partial charge in [0.25, 0.3) is 5.56 Å². The Hall–Kier alpha value is -3.15. The zero-order valence-electron chi connectivity index (χ0n) is 14.9. The number of aryl methyl sites for hydroxylation is 1. The number of benzene rings is 2. The van der Waals surface area contributed by atoms with Gasteiger partial charge in [0.05, 0.1) is 17.6 Å². The number of para-hydroxylation sites is 3. The van der Waals surface area contributed by atoms with E-state index < -0.39 is 0 Å². The van der Waals surface area contributed by atoms with Gasteiger partial charge < -0.3 is 15.0 Å². The molecule has 6 heteroatoms. The molecule has 0 bridgehead atoms. The number of nitrogens with one attached hydrogen (secondary N) is 2. The standard InChI is InChI=1S/C21H21N3O3/c25-20(22-12-14-11-15-5-1-4-8-19(15)27-13-14)10-9-18-21(26)24-17-7-3-2-6-16(17)23-18/h1-8,14H,9-13H2,(H,22,25)(H,24,26)/t14-/m0/s1. The lowest BCUT2D eigenvalue weighted by molar-refractivity contribution is -0.121. The van der Waals surface area contributed by atoms with E-state index in [4.69, 9.17) is 4.74 Å². The van der Waals surface area contributed by atoms with Crippen molar-refractivity contribution in [3.63, 3.8) is 0 Å². The predicted octanol–water partition coefficient (Wildman–Crippen LogP) is 2.22. The van der Waals surface area contributed by atoms with Crippen LogP contribution in [0.1, 0.15) is 17.7 Å². The number of carbonyl (C=O) groups is 1. The van der Waals surface area contributed by atoms with Crippen molar-refractivity contribution in [3.05, 3.63) is 70.1 Å². The Morgan fingerprint density at radius 3 is 2.93 bits per heavy atom. The maximum Gasteiger partial charge on any atom is 0.270 e. The van der Waals surface area contributed by atoms with Crippen LogP contribution in [0.5, 0.6) is 5.75 Å². The second-order valence-corrected chi connectivity index (χ2v) is 6.82. The highest BCUT2D eigenvalue weighted by atomic mass is 16.5. The Bertz CT molecular complexity index is 1030. The van der Waals surface area contributed by atoms with Gasteiger partial charge in [-0.25, -0.2) is 4.98 Å². The van der Waals surface area contributed by atoms with Gasteiger partial charge in [-0.3, -0.25) is 9.59 Å². The monoisotopic (exact) mass is 363 g/mol. The first kappa shape index (κ1) is 17.3. The average Bonchev–Trinajstić information content (AvgIpc) is 2.70. The van der Waals surface area contributed by atoms with Crippen LogP contribution in [0.2, 0.25) is 0 Å². The number of aromatic nitrogens is 2. The highest BCUT2D eigenvalue weighted by Gasteiger charge is 2.20. The summed E-state index contributed by atoms with van der Waals surface area (Å²) in [7, 11) is 0. The Kier molecular flexibility index (Phi) is 4.87. The molecule has 1 aliphatic rings. The number of hydrogen-bond acceptors (Lipinski definition) is 4. The molecule has 0 saturated heterocycles. The van der Waals surface area contributed by atoms with Gasteiger partial charge in [-0.15, -0.1) is 0 Å². The minimum Gasteiger partial charge on any atom is -0.493 e. The number of amides is 1. The summed E-state index contributed by atoms with van der Waals surface area (Å²) in [6.45, 7) is 1.16. The number of aromatic amines is 1. The van der Waals surface area contributed by atoms with Crippen LogP contribution in [0.15, 0.2) is 53.3 Å². The molecule has 3 aromatic rings. The molecule has 2 N–H and O–H groups in total. The van der Waals surface area contributed by atoms with Crippen molar-refractivity contribution in [2.45, 2.75) is 19.3 Å². The topological polar surface area (TPSA) is 84.1 Å². The normalized spacial score (nSPS) is 15.8. The van der Waals surface area contributed by atoms with Crippen LogP contribution in [-0.4, -0.2) is 29.0 Å². The average molecular weight is 363 g/mol. The van der Waals surface area contributed by atoms with E-state index in [0.717, 1.165) is 17.7 Å². The molecule has 27 heavy (non-hydrogen) atoms. The third kappa shape index (κ3) is 4.00. The third-order valence-corrected chi connectivity index (χ3v) is 4.80. The van der Waals surface area contributed by atoms with Gasteiger partial charge in [0.1, 0.15) is 11.4 Å². The number of ether oxygens (including phenoxy) is 1. The zero-order chi connectivity index (χ0) is 18.6. The second kappa shape index (κ2) is 7.61. The molecular weight excluding hydrogens is 342 g/mol. The van der Waals surface area contributed by atoms with Crippen LogP contribution >= 0.6 is 0 Å². The summed E-state index contributed by atoms with van der Waals surface area (Å²) in [6.07, 6.45) is 1.44. The van der Waals surface area contributed by atoms with Crippen molar-refractivity contribution in [3.8, 4) is 5.75 Å². The Morgan fingerprint density at radius 1 is 1.19 bits per heavy atom. The Labute approximate surface area is 156 Å². The number of hydrogen-bond donors (Lipinski definition) is 2. The predicted molar refractivity (Wildman–Crippen MR) is 103 cm³/mol. The summed E-state index contributed by atoms with van der Waals surface area (Å²) in [5.74, 6) is 1.11. The van der Waals surface area contributed by atoms with Crippen molar-refractivity contribution in [2.24, 2.45) is 5.92 Å². The van der Waals surface area contributed by atoms with Crippen molar-refractivity contribution >= 4 is 16.9 Å². The Balaban J connectivity index is 1.30. The van der Waals surface area contributed by atoms with Crippen LogP contribution in [0.4, 0.5) is 0 Å². The Morgan fingerprint density at radius 2 is 2.00 bits per heavy atom. The molecule has 1 aliphatic heterocycles. The lowest BCUT2D eigenvalue weighted by Crippen LogP contribution is -2.35. The van der Waals surface area contributed by atoms with Gasteiger partial charge in [-0.1, -0.05) is 30.3 Å². The van der Waals surface area contributed by atoms with E-state index in [0.29, 0.717) is 30.8 Å². The van der Waals surface area contributed by atoms with Gasteiger partial charge in [0, 0.05) is 25.3 Å². The van der Waals surface area contributed by atoms with Gasteiger partial charge >= 0.3 is 0 Å². The first-order valence-electron chi connectivity index (χ1n) is 9.14. The molecule has 1 aromatic heterocycles. The van der Waals surface area contributed by atoms with Crippen molar-refractivity contribution in [1.82, 2.24) is 15.3 Å². The summed E-state index contributed by atoms with van der Waals surface area (Å²) < 4.78 is 5.75. The lowest BCUT2D eigenvalue weighted by Gasteiger charge is -2.25. The van der Waals surface area contributed by atoms with E-state index >= 15 is 0 Å². The second-order valence-electron chi connectivity index (χ2n) is 6.82. The highest BCUT2D eigenvalue weighted by Crippen LogP contribution is 2.26. The molecular formula is C21H21N3O3. The number of carbonyl (C=O) groups excluding carboxylic acids is 1. The van der Waals surface area contributed by atoms with Crippen molar-refractivity contribution < 1.29 is 9.53 Å². The van der Waals surface area contributed by atoms with Crippen molar-refractivity contribution in [2.75, 3.05) is 13.2 Å². The molecule has 138 valence electrons. The molecule has 1 amide bonds. The molecule has 0 saturated carbocycles. The summed E-state index contributed by atoms with van der Waals surface area (Å²) in [5, 5.41) is 2.95. The molecule has 0 aliphatic carbocycles. The molecule has 1 atom stereocenters. The number of nitrogens with zero attached hydrogens (tertiary/aromatic N) is 1. The van der Waals surface area contributed by atoms with E-state index in [1.807, 2.05) is 42.5 Å². The maximum absolute atomic E-state index is 12.2. The molecule has 0 fully saturated rings. The summed E-state index contributed by atoms with van der Waals surface area (Å²) in [6, 6.07) is 15.4. The number of rotatable bonds is 5. The fourth-order valence-electron chi connectivity index (χ4n) is 3.34. The highest BCUT2D eigenvalue weighted by molar-refractivity contribution is 5.76. The lowest BCUT2D eigenvalue weighted by atomic mass is 9.97. The summed E-state index contributed by atoms with van der Waals surface area (Å²) in [4.78, 5) is 31.5. The van der Waals surface area contributed by atoms with E-state index in [2.05, 4.69) is 21.4 Å². The molecule has 0 radical (unpaired) electrons. The first-order valence-corrected chi connectivity index (χ1v) is 9.14. The molecule has 4 rings (SSSR count). The summed E-state index contributed by atoms with van der Waals surface area (Å²) in [5.41, 5.74) is 2.76. The van der Waals surface area contributed by atoms with Gasteiger partial charge in [-0.05, 0) is 30.2 Å². The molecule has 2 heterocycles. The smallest absolute Gasteiger partial charge is 0.270 e. The van der Waals surface area contributed by atoms with E-state index in [9.17, 15) is 9.59 Å². The fourth-order valence-corrected chi connectivity index (χ4v) is 3.34. The minimum atomic E-state index is -0.237. The molecule has 0 spiro atoms. The molecule has 0 unspecified atom stereocenters. The largest absolute Gasteiger partial charge is 0.493 e. The molecule has 6 nitrogen and oxygen atoms in total. The number of H-pyrrole nitrogens is 1. The van der Waals surface area contributed by atoms with Gasteiger partial charge in [-0.2, -0.15) is 0 Å². The molecule has 2 aromatic carbocycles. The fraction of sp³-hybridized carbons (Fsp3) is 0.286. The van der Waals surface area contributed by atoms with Crippen LogP contribution in [0, 0.1) is 5.92 Å².